The molecule has 0 bridgehead atoms. The first-order chi connectivity index (χ1) is 12.0. The number of amides is 1. The maximum absolute atomic E-state index is 12.9. The molecule has 0 saturated carbocycles. The molecule has 5 nitrogen and oxygen atoms in total. The van der Waals surface area contributed by atoms with Crippen LogP contribution in [0.1, 0.15) is 18.2 Å². The van der Waals surface area contributed by atoms with E-state index in [0.29, 0.717) is 17.0 Å². The summed E-state index contributed by atoms with van der Waals surface area (Å²) in [6.07, 6.45) is 3.25. The van der Waals surface area contributed by atoms with Crippen molar-refractivity contribution in [3.63, 3.8) is 0 Å². The van der Waals surface area contributed by atoms with Gasteiger partial charge in [-0.25, -0.2) is 4.79 Å². The van der Waals surface area contributed by atoms with E-state index in [4.69, 9.17) is 9.15 Å². The summed E-state index contributed by atoms with van der Waals surface area (Å²) in [4.78, 5) is 26.7. The lowest BCUT2D eigenvalue weighted by Gasteiger charge is -2.16. The Kier molecular flexibility index (Phi) is 4.90. The Bertz CT molecular complexity index is 881. The van der Waals surface area contributed by atoms with Crippen LogP contribution >= 0.6 is 15.9 Å². The zero-order chi connectivity index (χ0) is 18.0. The molecule has 6 heteroatoms. The van der Waals surface area contributed by atoms with Crippen LogP contribution in [0.2, 0.25) is 0 Å². The molecule has 1 aromatic heterocycles. The number of carbonyl (C=O) groups is 2. The summed E-state index contributed by atoms with van der Waals surface area (Å²) < 4.78 is 11.1. The minimum Gasteiger partial charge on any atom is -0.467 e. The summed E-state index contributed by atoms with van der Waals surface area (Å²) in [6.45, 7) is 1.99. The van der Waals surface area contributed by atoms with E-state index in [-0.39, 0.29) is 18.0 Å². The number of ether oxygens (including phenoxy) is 1. The van der Waals surface area contributed by atoms with E-state index in [2.05, 4.69) is 15.9 Å². The fraction of sp³-hybridized carbons (Fsp3) is 0.158. The topological polar surface area (TPSA) is 59.8 Å². The average Bonchev–Trinajstić information content (AvgIpc) is 3.18. The van der Waals surface area contributed by atoms with Crippen LogP contribution in [0.3, 0.4) is 0 Å². The molecule has 128 valence electrons. The lowest BCUT2D eigenvalue weighted by Crippen LogP contribution is -2.24. The van der Waals surface area contributed by atoms with Gasteiger partial charge in [0.25, 0.3) is 5.91 Å². The fourth-order valence-electron chi connectivity index (χ4n) is 2.74. The van der Waals surface area contributed by atoms with E-state index in [9.17, 15) is 9.59 Å². The minimum atomic E-state index is -0.533. The van der Waals surface area contributed by atoms with E-state index in [1.165, 1.54) is 12.0 Å². The predicted octanol–water partition coefficient (Wildman–Crippen LogP) is 3.91. The Morgan fingerprint density at radius 2 is 2.12 bits per heavy atom. The van der Waals surface area contributed by atoms with Crippen molar-refractivity contribution < 1.29 is 18.7 Å². The van der Waals surface area contributed by atoms with Crippen LogP contribution in [0, 0.1) is 0 Å². The number of nitrogens with zero attached hydrogens (tertiary/aromatic N) is 1. The summed E-state index contributed by atoms with van der Waals surface area (Å²) in [5.41, 5.74) is 1.95. The standard InChI is InChI=1S/C19H16BrNO4/c1-12-17(19(23)24-2)16(10-13-5-3-6-14(20)9-13)18(22)21(12)11-15-7-4-8-25-15/h3-10H,11H2,1-2H3. The van der Waals surface area contributed by atoms with Gasteiger partial charge in [0, 0.05) is 10.2 Å². The molecule has 25 heavy (non-hydrogen) atoms. The van der Waals surface area contributed by atoms with Crippen molar-refractivity contribution in [3.05, 3.63) is 75.3 Å². The molecule has 0 N–H and O–H groups in total. The quantitative estimate of drug-likeness (QED) is 0.575. The highest BCUT2D eigenvalue weighted by Gasteiger charge is 2.37. The molecular weight excluding hydrogens is 386 g/mol. The number of halogens is 1. The molecule has 0 spiro atoms. The Morgan fingerprint density at radius 1 is 1.32 bits per heavy atom. The lowest BCUT2D eigenvalue weighted by atomic mass is 10.0. The number of allylic oxidation sites excluding steroid dienone is 1. The maximum atomic E-state index is 12.9. The lowest BCUT2D eigenvalue weighted by molar-refractivity contribution is -0.136. The van der Waals surface area contributed by atoms with Gasteiger partial charge in [-0.05, 0) is 42.8 Å². The number of methoxy groups -OCH3 is 1. The molecule has 1 aliphatic rings. The number of hydrogen-bond acceptors (Lipinski definition) is 4. The van der Waals surface area contributed by atoms with E-state index in [1.807, 2.05) is 24.3 Å². The van der Waals surface area contributed by atoms with Gasteiger partial charge in [-0.1, -0.05) is 28.1 Å². The van der Waals surface area contributed by atoms with Gasteiger partial charge in [-0.2, -0.15) is 0 Å². The molecular formula is C19H16BrNO4. The van der Waals surface area contributed by atoms with Gasteiger partial charge in [0.15, 0.2) is 0 Å². The van der Waals surface area contributed by atoms with Crippen LogP contribution in [0.5, 0.6) is 0 Å². The zero-order valence-electron chi connectivity index (χ0n) is 13.8. The molecule has 3 rings (SSSR count). The fourth-order valence-corrected chi connectivity index (χ4v) is 3.16. The first kappa shape index (κ1) is 17.2. The van der Waals surface area contributed by atoms with Crippen molar-refractivity contribution in [1.29, 1.82) is 0 Å². The largest absolute Gasteiger partial charge is 0.467 e. The Balaban J connectivity index is 2.04. The Labute approximate surface area is 153 Å². The molecule has 0 atom stereocenters. The summed E-state index contributed by atoms with van der Waals surface area (Å²) in [5, 5.41) is 0. The monoisotopic (exact) mass is 401 g/mol. The number of carbonyl (C=O) groups excluding carboxylic acids is 2. The van der Waals surface area contributed by atoms with Gasteiger partial charge >= 0.3 is 5.97 Å². The summed E-state index contributed by atoms with van der Waals surface area (Å²) in [7, 11) is 1.30. The first-order valence-electron chi connectivity index (χ1n) is 7.62. The van der Waals surface area contributed by atoms with Gasteiger partial charge in [-0.3, -0.25) is 4.79 Å². The number of hydrogen-bond donors (Lipinski definition) is 0. The summed E-state index contributed by atoms with van der Waals surface area (Å²) >= 11 is 3.41. The van der Waals surface area contributed by atoms with E-state index in [0.717, 1.165) is 10.0 Å². The van der Waals surface area contributed by atoms with Crippen LogP contribution in [-0.4, -0.2) is 23.9 Å². The van der Waals surface area contributed by atoms with Gasteiger partial charge < -0.3 is 14.1 Å². The van der Waals surface area contributed by atoms with E-state index < -0.39 is 5.97 Å². The second-order valence-electron chi connectivity index (χ2n) is 5.54. The first-order valence-corrected chi connectivity index (χ1v) is 8.41. The van der Waals surface area contributed by atoms with Crippen molar-refractivity contribution >= 4 is 33.9 Å². The molecule has 0 radical (unpaired) electrons. The number of benzene rings is 1. The van der Waals surface area contributed by atoms with Crippen molar-refractivity contribution in [2.75, 3.05) is 7.11 Å². The minimum absolute atomic E-state index is 0.255. The van der Waals surface area contributed by atoms with Crippen LogP contribution in [-0.2, 0) is 20.9 Å². The van der Waals surface area contributed by atoms with Crippen LogP contribution in [0.15, 0.2) is 68.4 Å². The van der Waals surface area contributed by atoms with Crippen LogP contribution in [0.25, 0.3) is 6.08 Å². The SMILES string of the molecule is COC(=O)C1=C(C)N(Cc2ccco2)C(=O)C1=Cc1cccc(Br)c1. The molecule has 2 aromatic rings. The number of rotatable bonds is 4. The average molecular weight is 402 g/mol. The van der Waals surface area contributed by atoms with Crippen molar-refractivity contribution in [1.82, 2.24) is 4.90 Å². The third kappa shape index (κ3) is 3.44. The molecule has 1 aromatic carbocycles. The predicted molar refractivity (Wildman–Crippen MR) is 96.1 cm³/mol. The molecule has 1 aliphatic heterocycles. The van der Waals surface area contributed by atoms with E-state index in [1.54, 1.807) is 31.4 Å². The molecule has 0 fully saturated rings. The van der Waals surface area contributed by atoms with Crippen molar-refractivity contribution in [3.8, 4) is 0 Å². The number of esters is 1. The second-order valence-corrected chi connectivity index (χ2v) is 6.45. The van der Waals surface area contributed by atoms with Gasteiger partial charge in [0.05, 0.1) is 31.1 Å². The normalized spacial score (nSPS) is 16.0. The molecule has 0 unspecified atom stereocenters. The van der Waals surface area contributed by atoms with Gasteiger partial charge in [0.1, 0.15) is 5.76 Å². The molecule has 1 amide bonds. The van der Waals surface area contributed by atoms with Gasteiger partial charge in [-0.15, -0.1) is 0 Å². The van der Waals surface area contributed by atoms with Gasteiger partial charge in [0.2, 0.25) is 0 Å². The highest BCUT2D eigenvalue weighted by Crippen LogP contribution is 2.33. The third-order valence-electron chi connectivity index (χ3n) is 3.95. The Hall–Kier alpha value is -2.60. The van der Waals surface area contributed by atoms with Crippen LogP contribution in [0.4, 0.5) is 0 Å². The van der Waals surface area contributed by atoms with Crippen LogP contribution < -0.4 is 0 Å². The zero-order valence-corrected chi connectivity index (χ0v) is 15.4. The van der Waals surface area contributed by atoms with Crippen molar-refractivity contribution in [2.45, 2.75) is 13.5 Å². The smallest absolute Gasteiger partial charge is 0.340 e. The highest BCUT2D eigenvalue weighted by molar-refractivity contribution is 9.10. The molecule has 0 aliphatic carbocycles. The summed E-state index contributed by atoms with van der Waals surface area (Å²) in [5.74, 6) is -0.149. The van der Waals surface area contributed by atoms with Crippen molar-refractivity contribution in [2.24, 2.45) is 0 Å². The molecule has 0 saturated heterocycles. The highest BCUT2D eigenvalue weighted by atomic mass is 79.9. The number of furan rings is 1. The molecule has 2 heterocycles. The Morgan fingerprint density at radius 3 is 2.76 bits per heavy atom. The van der Waals surface area contributed by atoms with E-state index >= 15 is 0 Å². The maximum Gasteiger partial charge on any atom is 0.340 e. The summed E-state index contributed by atoms with van der Waals surface area (Å²) in [6, 6.07) is 11.0. The third-order valence-corrected chi connectivity index (χ3v) is 4.45. The second kappa shape index (κ2) is 7.11.